The van der Waals surface area contributed by atoms with Crippen LogP contribution in [0, 0.1) is 6.92 Å². The van der Waals surface area contributed by atoms with Crippen LogP contribution in [-0.4, -0.2) is 27.2 Å². The molecule has 31 heavy (non-hydrogen) atoms. The van der Waals surface area contributed by atoms with Crippen LogP contribution >= 0.6 is 11.3 Å². The highest BCUT2D eigenvalue weighted by atomic mass is 32.1. The Kier molecular flexibility index (Phi) is 5.55. The summed E-state index contributed by atoms with van der Waals surface area (Å²) < 4.78 is 1.92. The number of thiazole rings is 1. The summed E-state index contributed by atoms with van der Waals surface area (Å²) in [5.74, 6) is -0.125. The number of nitrogens with one attached hydrogen (secondary N) is 1. The van der Waals surface area contributed by atoms with Gasteiger partial charge in [-0.05, 0) is 44.2 Å². The van der Waals surface area contributed by atoms with Gasteiger partial charge in [-0.25, -0.2) is 4.98 Å². The van der Waals surface area contributed by atoms with E-state index in [9.17, 15) is 4.79 Å². The molecule has 1 amide bonds. The molecule has 4 aromatic rings. The number of para-hydroxylation sites is 1. The molecule has 5 nitrogen and oxygen atoms in total. The molecule has 5 rings (SSSR count). The van der Waals surface area contributed by atoms with E-state index in [0.29, 0.717) is 18.8 Å². The zero-order chi connectivity index (χ0) is 21.2. The Morgan fingerprint density at radius 2 is 1.90 bits per heavy atom. The Morgan fingerprint density at radius 1 is 1.10 bits per heavy atom. The number of benzene rings is 2. The summed E-state index contributed by atoms with van der Waals surface area (Å²) in [4.78, 5) is 19.2. The van der Waals surface area contributed by atoms with E-state index in [1.54, 1.807) is 0 Å². The average Bonchev–Trinajstić information content (AvgIpc) is 3.37. The van der Waals surface area contributed by atoms with Gasteiger partial charge < -0.3 is 5.32 Å². The molecule has 1 aliphatic carbocycles. The minimum Gasteiger partial charge on any atom is -0.350 e. The fraction of sp³-hybridized carbons (Fsp3) is 0.320. The summed E-state index contributed by atoms with van der Waals surface area (Å²) in [5, 5.41) is 9.75. The number of carbonyl (C=O) groups is 1. The Bertz CT molecular complexity index is 1200. The van der Waals surface area contributed by atoms with Gasteiger partial charge in [0.25, 0.3) is 5.91 Å². The van der Waals surface area contributed by atoms with Crippen molar-refractivity contribution in [1.82, 2.24) is 20.1 Å². The van der Waals surface area contributed by atoms with Crippen molar-refractivity contribution in [2.24, 2.45) is 0 Å². The van der Waals surface area contributed by atoms with E-state index in [-0.39, 0.29) is 5.91 Å². The lowest BCUT2D eigenvalue weighted by atomic mass is 10.0. The first-order valence-electron chi connectivity index (χ1n) is 10.9. The third-order valence-electron chi connectivity index (χ3n) is 5.84. The molecule has 0 spiro atoms. The third-order valence-corrected chi connectivity index (χ3v) is 7.06. The minimum absolute atomic E-state index is 0.125. The van der Waals surface area contributed by atoms with E-state index in [1.807, 2.05) is 40.3 Å². The lowest BCUT2D eigenvalue weighted by molar-refractivity contribution is 0.0950. The van der Waals surface area contributed by atoms with Crippen LogP contribution in [0.15, 0.2) is 48.5 Å². The summed E-state index contributed by atoms with van der Waals surface area (Å²) in [6, 6.07) is 16.4. The Balaban J connectivity index is 1.30. The van der Waals surface area contributed by atoms with E-state index >= 15 is 0 Å². The first-order chi connectivity index (χ1) is 15.2. The van der Waals surface area contributed by atoms with Crippen molar-refractivity contribution in [3.63, 3.8) is 0 Å². The molecule has 1 N–H and O–H groups in total. The maximum atomic E-state index is 12.9. The zero-order valence-electron chi connectivity index (χ0n) is 17.7. The maximum Gasteiger partial charge on any atom is 0.272 e. The monoisotopic (exact) mass is 430 g/mol. The van der Waals surface area contributed by atoms with Crippen LogP contribution in [0.1, 0.15) is 50.0 Å². The molecule has 0 radical (unpaired) electrons. The number of nitrogens with zero attached hydrogens (tertiary/aromatic N) is 3. The number of amides is 1. The highest BCUT2D eigenvalue weighted by Crippen LogP contribution is 2.27. The van der Waals surface area contributed by atoms with Gasteiger partial charge in [-0.2, -0.15) is 5.10 Å². The quantitative estimate of drug-likeness (QED) is 0.482. The van der Waals surface area contributed by atoms with E-state index in [0.717, 1.165) is 35.2 Å². The summed E-state index contributed by atoms with van der Waals surface area (Å²) in [5.41, 5.74) is 5.13. The van der Waals surface area contributed by atoms with Crippen LogP contribution in [-0.2, 0) is 25.8 Å². The van der Waals surface area contributed by atoms with Gasteiger partial charge in [0.15, 0.2) is 5.69 Å². The number of fused-ring (bicyclic) bond motifs is 2. The van der Waals surface area contributed by atoms with Gasteiger partial charge in [-0.1, -0.05) is 48.0 Å². The second-order valence-corrected chi connectivity index (χ2v) is 9.37. The number of rotatable bonds is 6. The maximum absolute atomic E-state index is 12.9. The SMILES string of the molecule is Cc1ccc(Cn2nc(C(=O)NCCc3nc4c(s3)CCCC4)c3ccccc32)cc1. The van der Waals surface area contributed by atoms with E-state index in [4.69, 9.17) is 4.98 Å². The predicted octanol–water partition coefficient (Wildman–Crippen LogP) is 4.70. The Hall–Kier alpha value is -2.99. The summed E-state index contributed by atoms with van der Waals surface area (Å²) in [7, 11) is 0. The zero-order valence-corrected chi connectivity index (χ0v) is 18.5. The highest BCUT2D eigenvalue weighted by molar-refractivity contribution is 7.11. The Morgan fingerprint density at radius 3 is 2.74 bits per heavy atom. The molecule has 2 heterocycles. The number of carbonyl (C=O) groups excluding carboxylic acids is 1. The molecule has 1 aliphatic rings. The predicted molar refractivity (Wildman–Crippen MR) is 125 cm³/mol. The van der Waals surface area contributed by atoms with Crippen molar-refractivity contribution in [3.05, 3.63) is 80.9 Å². The van der Waals surface area contributed by atoms with Gasteiger partial charge in [-0.3, -0.25) is 9.48 Å². The standard InChI is InChI=1S/C25H26N4OS/c1-17-10-12-18(13-11-17)16-29-21-8-4-2-6-19(21)24(28-29)25(30)26-15-14-23-27-20-7-3-5-9-22(20)31-23/h2,4,6,8,10-13H,3,5,7,9,14-16H2,1H3,(H,26,30). The smallest absolute Gasteiger partial charge is 0.272 e. The Labute approximate surface area is 186 Å². The van der Waals surface area contributed by atoms with Crippen LogP contribution in [0.4, 0.5) is 0 Å². The molecule has 0 saturated heterocycles. The second kappa shape index (κ2) is 8.63. The number of hydrogen-bond donors (Lipinski definition) is 1. The first kappa shape index (κ1) is 19.9. The lowest BCUT2D eigenvalue weighted by Gasteiger charge is -2.06. The minimum atomic E-state index is -0.125. The van der Waals surface area contributed by atoms with Crippen LogP contribution in [0.3, 0.4) is 0 Å². The normalized spacial score (nSPS) is 13.3. The van der Waals surface area contributed by atoms with Crippen molar-refractivity contribution < 1.29 is 4.79 Å². The molecule has 0 atom stereocenters. The van der Waals surface area contributed by atoms with Crippen LogP contribution in [0.25, 0.3) is 10.9 Å². The van der Waals surface area contributed by atoms with Crippen LogP contribution in [0.2, 0.25) is 0 Å². The summed E-state index contributed by atoms with van der Waals surface area (Å²) in [6.07, 6.45) is 5.53. The first-order valence-corrected chi connectivity index (χ1v) is 11.8. The largest absolute Gasteiger partial charge is 0.350 e. The van der Waals surface area contributed by atoms with E-state index in [1.165, 1.54) is 34.5 Å². The molecule has 2 aromatic heterocycles. The molecular formula is C25H26N4OS. The van der Waals surface area contributed by atoms with Crippen molar-refractivity contribution in [2.75, 3.05) is 6.54 Å². The van der Waals surface area contributed by atoms with Crippen molar-refractivity contribution in [2.45, 2.75) is 45.6 Å². The van der Waals surface area contributed by atoms with Gasteiger partial charge in [0.05, 0.1) is 22.8 Å². The molecular weight excluding hydrogens is 404 g/mol. The molecule has 0 fully saturated rings. The molecule has 158 valence electrons. The van der Waals surface area contributed by atoms with Gasteiger partial charge in [0, 0.05) is 23.2 Å². The van der Waals surface area contributed by atoms with Crippen molar-refractivity contribution in [3.8, 4) is 0 Å². The average molecular weight is 431 g/mol. The van der Waals surface area contributed by atoms with Gasteiger partial charge in [0.2, 0.25) is 0 Å². The molecule has 0 aliphatic heterocycles. The van der Waals surface area contributed by atoms with Gasteiger partial charge in [0.1, 0.15) is 0 Å². The summed E-state index contributed by atoms with van der Waals surface area (Å²) >= 11 is 1.81. The number of hydrogen-bond acceptors (Lipinski definition) is 4. The fourth-order valence-corrected chi connectivity index (χ4v) is 5.32. The third kappa shape index (κ3) is 4.26. The van der Waals surface area contributed by atoms with E-state index < -0.39 is 0 Å². The molecule has 0 saturated carbocycles. The molecule has 0 unspecified atom stereocenters. The molecule has 2 aromatic carbocycles. The fourth-order valence-electron chi connectivity index (χ4n) is 4.16. The van der Waals surface area contributed by atoms with Crippen LogP contribution < -0.4 is 5.32 Å². The molecule has 6 heteroatoms. The van der Waals surface area contributed by atoms with Gasteiger partial charge >= 0.3 is 0 Å². The highest BCUT2D eigenvalue weighted by Gasteiger charge is 2.18. The van der Waals surface area contributed by atoms with Gasteiger partial charge in [-0.15, -0.1) is 11.3 Å². The summed E-state index contributed by atoms with van der Waals surface area (Å²) in [6.45, 7) is 3.29. The number of aryl methyl sites for hydroxylation is 3. The van der Waals surface area contributed by atoms with E-state index in [2.05, 4.69) is 41.6 Å². The second-order valence-electron chi connectivity index (χ2n) is 8.20. The number of aromatic nitrogens is 3. The topological polar surface area (TPSA) is 59.8 Å². The van der Waals surface area contributed by atoms with Crippen LogP contribution in [0.5, 0.6) is 0 Å². The van der Waals surface area contributed by atoms with Crippen molar-refractivity contribution in [1.29, 1.82) is 0 Å². The lowest BCUT2D eigenvalue weighted by Crippen LogP contribution is -2.26. The van der Waals surface area contributed by atoms with Crippen molar-refractivity contribution >= 4 is 28.1 Å². The molecule has 0 bridgehead atoms.